The predicted molar refractivity (Wildman–Crippen MR) is 264 cm³/mol. The molecular formula is C58H31N7O2Pt2. The van der Waals surface area contributed by atoms with Gasteiger partial charge in [0.05, 0.1) is 11.0 Å². The second-order valence-corrected chi connectivity index (χ2v) is 16.4. The molecule has 6 aromatic heterocycles. The van der Waals surface area contributed by atoms with Gasteiger partial charge in [-0.3, -0.25) is 0 Å². The van der Waals surface area contributed by atoms with Crippen molar-refractivity contribution in [2.45, 2.75) is 0 Å². The average molecular weight is 1250 g/mol. The molecule has 9 nitrogen and oxygen atoms in total. The van der Waals surface area contributed by atoms with Gasteiger partial charge >= 0.3 is 42.1 Å². The first kappa shape index (κ1) is 42.4. The topological polar surface area (TPSA) is 84.8 Å². The standard InChI is InChI=1S/C58H31N7O2.2Pt/c1-5-14-48-36(10-1)18-28-56(61-48)63-50-16-7-3-12-42(50)44-24-20-38(32-52(44)63)66-40-22-26-46-47-27-23-41(35-55(47)65(54(46)34-40)58-59-30-9-31-60-58)67-39-21-25-45-43-13-4-8-17-51(43)64(53(45)33-39)57-29-19-37-11-2-6-15-49(37)62-57;;/h1-31H;;/q-4;2*+2. The van der Waals surface area contributed by atoms with E-state index in [1.54, 1.807) is 18.5 Å². The quantitative estimate of drug-likeness (QED) is 0.148. The first-order chi connectivity index (χ1) is 33.2. The van der Waals surface area contributed by atoms with Crippen LogP contribution < -0.4 is 9.47 Å². The Balaban J connectivity index is 0.00000246. The molecule has 11 heteroatoms. The third-order valence-corrected chi connectivity index (χ3v) is 12.5. The molecule has 0 fully saturated rings. The van der Waals surface area contributed by atoms with Crippen LogP contribution in [0.3, 0.4) is 0 Å². The van der Waals surface area contributed by atoms with E-state index in [1.807, 2.05) is 89.5 Å². The summed E-state index contributed by atoms with van der Waals surface area (Å²) < 4.78 is 19.5. The molecule has 0 N–H and O–H groups in total. The molecule has 8 aromatic carbocycles. The van der Waals surface area contributed by atoms with E-state index in [0.717, 1.165) is 98.9 Å². The van der Waals surface area contributed by atoms with E-state index in [9.17, 15) is 0 Å². The van der Waals surface area contributed by atoms with E-state index < -0.39 is 0 Å². The van der Waals surface area contributed by atoms with Crippen molar-refractivity contribution in [3.8, 4) is 40.6 Å². The van der Waals surface area contributed by atoms with Gasteiger partial charge in [0.2, 0.25) is 5.95 Å². The van der Waals surface area contributed by atoms with Crippen LogP contribution in [0, 0.1) is 24.3 Å². The van der Waals surface area contributed by atoms with E-state index in [4.69, 9.17) is 19.4 Å². The Morgan fingerprint density at radius 1 is 0.333 bits per heavy atom. The molecular weight excluding hydrogens is 1220 g/mol. The number of aromatic nitrogens is 7. The molecule has 14 rings (SSSR count). The number of hydrogen-bond acceptors (Lipinski definition) is 6. The van der Waals surface area contributed by atoms with Gasteiger partial charge in [-0.05, 0) is 65.4 Å². The molecule has 0 aliphatic rings. The van der Waals surface area contributed by atoms with Crippen LogP contribution in [0.1, 0.15) is 0 Å². The molecule has 0 saturated carbocycles. The Morgan fingerprint density at radius 3 is 1.16 bits per heavy atom. The van der Waals surface area contributed by atoms with Crippen LogP contribution in [0.25, 0.3) is 105 Å². The molecule has 0 radical (unpaired) electrons. The fourth-order valence-electron chi connectivity index (χ4n) is 9.49. The Hall–Kier alpha value is -7.96. The Kier molecular flexibility index (Phi) is 10.4. The summed E-state index contributed by atoms with van der Waals surface area (Å²) in [5.41, 5.74) is 7.09. The van der Waals surface area contributed by atoms with Crippen molar-refractivity contribution in [2.75, 3.05) is 0 Å². The van der Waals surface area contributed by atoms with Crippen molar-refractivity contribution >= 4 is 87.2 Å². The number of hydrogen-bond donors (Lipinski definition) is 0. The zero-order valence-corrected chi connectivity index (χ0v) is 40.5. The molecule has 69 heavy (non-hydrogen) atoms. The van der Waals surface area contributed by atoms with Crippen LogP contribution in [0.4, 0.5) is 0 Å². The minimum absolute atomic E-state index is 0. The summed E-state index contributed by atoms with van der Waals surface area (Å²) in [5, 5.41) is 8.34. The third kappa shape index (κ3) is 6.99. The van der Waals surface area contributed by atoms with Gasteiger partial charge < -0.3 is 23.2 Å². The monoisotopic (exact) mass is 1250 g/mol. The van der Waals surface area contributed by atoms with Gasteiger partial charge in [0.1, 0.15) is 11.6 Å². The minimum atomic E-state index is 0. The summed E-state index contributed by atoms with van der Waals surface area (Å²) in [6.07, 6.45) is 3.45. The zero-order valence-electron chi connectivity index (χ0n) is 36.0. The molecule has 0 saturated heterocycles. The largest absolute Gasteiger partial charge is 2.00 e. The van der Waals surface area contributed by atoms with E-state index in [1.165, 1.54) is 0 Å². The fourth-order valence-corrected chi connectivity index (χ4v) is 9.49. The van der Waals surface area contributed by atoms with Crippen molar-refractivity contribution in [3.63, 3.8) is 0 Å². The summed E-state index contributed by atoms with van der Waals surface area (Å²) in [6, 6.07) is 73.4. The maximum absolute atomic E-state index is 6.62. The SMILES string of the molecule is [Pt+2].[Pt+2].[c-]1c(Oc2[c-]c3c(cc2)c2ccccc2n3-c2ccc3ccccc3n2)ccc2c3ccc(Oc4[c-]c5c(cc4)c4ccccc4n5-c4ccc5ccccc5n4)[c-]c3n(-c3ncccn3)c12. The molecule has 330 valence electrons. The molecule has 0 unspecified atom stereocenters. The van der Waals surface area contributed by atoms with Crippen molar-refractivity contribution in [2.24, 2.45) is 0 Å². The Morgan fingerprint density at radius 2 is 0.710 bits per heavy atom. The molecule has 0 spiro atoms. The van der Waals surface area contributed by atoms with Gasteiger partial charge in [-0.25, -0.2) is 19.9 Å². The van der Waals surface area contributed by atoms with Crippen molar-refractivity contribution in [3.05, 3.63) is 213 Å². The normalized spacial score (nSPS) is 11.5. The first-order valence-corrected chi connectivity index (χ1v) is 21.9. The Bertz CT molecular complexity index is 4060. The molecule has 6 heterocycles. The van der Waals surface area contributed by atoms with Gasteiger partial charge in [0.15, 0.2) is 0 Å². The number of para-hydroxylation sites is 4. The second kappa shape index (κ2) is 17.0. The van der Waals surface area contributed by atoms with E-state index >= 15 is 0 Å². The second-order valence-electron chi connectivity index (χ2n) is 16.4. The minimum Gasteiger partial charge on any atom is -0.509 e. The van der Waals surface area contributed by atoms with E-state index in [2.05, 4.69) is 128 Å². The van der Waals surface area contributed by atoms with Crippen LogP contribution in [0.2, 0.25) is 0 Å². The predicted octanol–water partition coefficient (Wildman–Crippen LogP) is 13.6. The van der Waals surface area contributed by atoms with Gasteiger partial charge in [0.25, 0.3) is 0 Å². The van der Waals surface area contributed by atoms with Crippen LogP contribution in [-0.4, -0.2) is 33.6 Å². The van der Waals surface area contributed by atoms with Gasteiger partial charge in [-0.15, -0.1) is 59.3 Å². The maximum atomic E-state index is 6.62. The average Bonchev–Trinajstić information content (AvgIpc) is 4.01. The third-order valence-electron chi connectivity index (χ3n) is 12.5. The zero-order chi connectivity index (χ0) is 44.0. The van der Waals surface area contributed by atoms with Gasteiger partial charge in [-0.1, -0.05) is 94.9 Å². The summed E-state index contributed by atoms with van der Waals surface area (Å²) in [6.45, 7) is 0. The number of rotatable bonds is 7. The summed E-state index contributed by atoms with van der Waals surface area (Å²) in [5.74, 6) is 4.16. The number of ether oxygens (including phenoxy) is 2. The number of benzene rings is 8. The van der Waals surface area contributed by atoms with Gasteiger partial charge in [-0.2, -0.15) is 35.0 Å². The van der Waals surface area contributed by atoms with Crippen molar-refractivity contribution < 1.29 is 51.6 Å². The fraction of sp³-hybridized carbons (Fsp3) is 0. The molecule has 0 aliphatic carbocycles. The number of nitrogens with zero attached hydrogens (tertiary/aromatic N) is 7. The molecule has 0 atom stereocenters. The maximum Gasteiger partial charge on any atom is 2.00 e. The summed E-state index contributed by atoms with van der Waals surface area (Å²) >= 11 is 0. The smallest absolute Gasteiger partial charge is 0.509 e. The van der Waals surface area contributed by atoms with Crippen molar-refractivity contribution in [1.29, 1.82) is 0 Å². The van der Waals surface area contributed by atoms with Crippen LogP contribution in [0.5, 0.6) is 23.0 Å². The van der Waals surface area contributed by atoms with E-state index in [-0.39, 0.29) is 42.1 Å². The van der Waals surface area contributed by atoms with Crippen LogP contribution in [0.15, 0.2) is 188 Å². The van der Waals surface area contributed by atoms with Crippen molar-refractivity contribution in [1.82, 2.24) is 33.6 Å². The first-order valence-electron chi connectivity index (χ1n) is 21.9. The number of fused-ring (bicyclic) bond motifs is 11. The van der Waals surface area contributed by atoms with Crippen LogP contribution >= 0.6 is 0 Å². The number of pyridine rings is 2. The van der Waals surface area contributed by atoms with Crippen LogP contribution in [-0.2, 0) is 42.1 Å². The summed E-state index contributed by atoms with van der Waals surface area (Å²) in [7, 11) is 0. The molecule has 0 amide bonds. The van der Waals surface area contributed by atoms with E-state index in [0.29, 0.717) is 28.9 Å². The summed E-state index contributed by atoms with van der Waals surface area (Å²) in [4.78, 5) is 19.5. The molecule has 0 bridgehead atoms. The molecule has 0 aliphatic heterocycles. The van der Waals surface area contributed by atoms with Gasteiger partial charge in [0, 0.05) is 57.2 Å². The Labute approximate surface area is 422 Å². The molecule has 14 aromatic rings.